The van der Waals surface area contributed by atoms with Gasteiger partial charge in [-0.15, -0.1) is 0 Å². The maximum Gasteiger partial charge on any atom is 0.373 e. The first kappa shape index (κ1) is 20.2. The quantitative estimate of drug-likeness (QED) is 0.628. The van der Waals surface area contributed by atoms with Gasteiger partial charge in [-0.3, -0.25) is 9.69 Å². The van der Waals surface area contributed by atoms with Gasteiger partial charge in [0, 0.05) is 39.0 Å². The Morgan fingerprint density at radius 2 is 2.00 bits per heavy atom. The van der Waals surface area contributed by atoms with Crippen molar-refractivity contribution >= 4 is 22.9 Å². The number of methoxy groups -OCH3 is 1. The third-order valence-electron chi connectivity index (χ3n) is 5.38. The molecule has 0 saturated carbocycles. The second-order valence-corrected chi connectivity index (χ2v) is 7.47. The fourth-order valence-electron chi connectivity index (χ4n) is 3.78. The summed E-state index contributed by atoms with van der Waals surface area (Å²) in [5.74, 6) is 1.46. The number of aryl methyl sites for hydroxylation is 1. The molecule has 1 saturated heterocycles. The number of furan rings is 1. The van der Waals surface area contributed by atoms with Crippen LogP contribution in [0.4, 0.5) is 0 Å². The summed E-state index contributed by atoms with van der Waals surface area (Å²) in [4.78, 5) is 36.2. The molecule has 1 N–H and O–H groups in total. The van der Waals surface area contributed by atoms with Crippen LogP contribution < -0.4 is 0 Å². The van der Waals surface area contributed by atoms with Crippen LogP contribution in [0.25, 0.3) is 11.0 Å². The van der Waals surface area contributed by atoms with Gasteiger partial charge in [-0.25, -0.2) is 9.78 Å². The van der Waals surface area contributed by atoms with E-state index in [0.717, 1.165) is 48.7 Å². The standard InChI is InChI=1S/C22H26N4O4/c1-29-22(28)19-8-7-16(30-19)15-25-11-4-12-26(14-13-25)21(27)10-9-20-23-17-5-2-3-6-18(17)24-20/h2-3,5-8H,4,9-15H2,1H3,(H,23,24). The highest BCUT2D eigenvalue weighted by atomic mass is 16.5. The van der Waals surface area contributed by atoms with E-state index in [0.29, 0.717) is 25.9 Å². The number of carbonyl (C=O) groups excluding carboxylic acids is 2. The van der Waals surface area contributed by atoms with E-state index in [-0.39, 0.29) is 11.7 Å². The van der Waals surface area contributed by atoms with Crippen LogP contribution in [-0.4, -0.2) is 64.9 Å². The molecule has 1 aliphatic heterocycles. The molecule has 0 atom stereocenters. The summed E-state index contributed by atoms with van der Waals surface area (Å²) in [6.07, 6.45) is 1.96. The lowest BCUT2D eigenvalue weighted by Gasteiger charge is -2.21. The number of esters is 1. The molecule has 3 heterocycles. The van der Waals surface area contributed by atoms with Crippen molar-refractivity contribution < 1.29 is 18.7 Å². The fourth-order valence-corrected chi connectivity index (χ4v) is 3.78. The zero-order chi connectivity index (χ0) is 20.9. The maximum absolute atomic E-state index is 12.7. The monoisotopic (exact) mass is 410 g/mol. The fraction of sp³-hybridized carbons (Fsp3) is 0.409. The number of para-hydroxylation sites is 2. The van der Waals surface area contributed by atoms with E-state index in [2.05, 4.69) is 19.6 Å². The molecule has 1 fully saturated rings. The molecule has 1 aromatic carbocycles. The Kier molecular flexibility index (Phi) is 6.13. The second-order valence-electron chi connectivity index (χ2n) is 7.47. The largest absolute Gasteiger partial charge is 0.463 e. The van der Waals surface area contributed by atoms with E-state index < -0.39 is 5.97 Å². The number of amides is 1. The van der Waals surface area contributed by atoms with E-state index in [9.17, 15) is 9.59 Å². The Bertz CT molecular complexity index is 992. The first-order valence-electron chi connectivity index (χ1n) is 10.2. The predicted molar refractivity (Wildman–Crippen MR) is 111 cm³/mol. The molecule has 0 spiro atoms. The summed E-state index contributed by atoms with van der Waals surface area (Å²) >= 11 is 0. The van der Waals surface area contributed by atoms with Gasteiger partial charge < -0.3 is 19.0 Å². The molecule has 3 aromatic rings. The average molecular weight is 410 g/mol. The van der Waals surface area contributed by atoms with Crippen LogP contribution in [0.15, 0.2) is 40.8 Å². The Morgan fingerprint density at radius 3 is 2.83 bits per heavy atom. The molecule has 8 nitrogen and oxygen atoms in total. The molecule has 0 unspecified atom stereocenters. The lowest BCUT2D eigenvalue weighted by molar-refractivity contribution is -0.131. The minimum atomic E-state index is -0.474. The highest BCUT2D eigenvalue weighted by Crippen LogP contribution is 2.15. The number of aromatic amines is 1. The third kappa shape index (κ3) is 4.71. The first-order valence-corrected chi connectivity index (χ1v) is 10.2. The zero-order valence-electron chi connectivity index (χ0n) is 17.1. The minimum absolute atomic E-state index is 0.156. The van der Waals surface area contributed by atoms with Crippen molar-refractivity contribution in [3.8, 4) is 0 Å². The Hall–Kier alpha value is -3.13. The summed E-state index contributed by atoms with van der Waals surface area (Å²) in [5, 5.41) is 0. The molecular formula is C22H26N4O4. The summed E-state index contributed by atoms with van der Waals surface area (Å²) < 4.78 is 10.2. The van der Waals surface area contributed by atoms with Crippen LogP contribution in [0.1, 0.15) is 35.0 Å². The van der Waals surface area contributed by atoms with Crippen molar-refractivity contribution in [1.29, 1.82) is 0 Å². The summed E-state index contributed by atoms with van der Waals surface area (Å²) in [6.45, 7) is 3.69. The summed E-state index contributed by atoms with van der Waals surface area (Å²) in [7, 11) is 1.33. The highest BCUT2D eigenvalue weighted by molar-refractivity contribution is 5.86. The molecule has 0 radical (unpaired) electrons. The van der Waals surface area contributed by atoms with Gasteiger partial charge in [0.05, 0.1) is 24.7 Å². The van der Waals surface area contributed by atoms with E-state index in [1.807, 2.05) is 29.2 Å². The van der Waals surface area contributed by atoms with E-state index in [4.69, 9.17) is 4.42 Å². The van der Waals surface area contributed by atoms with Crippen molar-refractivity contribution in [2.24, 2.45) is 0 Å². The second kappa shape index (κ2) is 9.13. The minimum Gasteiger partial charge on any atom is -0.463 e. The number of aromatic nitrogens is 2. The van der Waals surface area contributed by atoms with Gasteiger partial charge in [-0.2, -0.15) is 0 Å². The number of hydrogen-bond acceptors (Lipinski definition) is 6. The van der Waals surface area contributed by atoms with Crippen LogP contribution >= 0.6 is 0 Å². The zero-order valence-corrected chi connectivity index (χ0v) is 17.1. The number of rotatable bonds is 6. The molecule has 1 aliphatic rings. The Balaban J connectivity index is 1.27. The van der Waals surface area contributed by atoms with Gasteiger partial charge in [0.2, 0.25) is 11.7 Å². The number of ether oxygens (including phenoxy) is 1. The highest BCUT2D eigenvalue weighted by Gasteiger charge is 2.21. The van der Waals surface area contributed by atoms with Crippen molar-refractivity contribution in [2.75, 3.05) is 33.3 Å². The topological polar surface area (TPSA) is 91.7 Å². The predicted octanol–water partition coefficient (Wildman–Crippen LogP) is 2.61. The smallest absolute Gasteiger partial charge is 0.373 e. The van der Waals surface area contributed by atoms with Crippen molar-refractivity contribution in [3.05, 3.63) is 53.7 Å². The Morgan fingerprint density at radius 1 is 1.13 bits per heavy atom. The van der Waals surface area contributed by atoms with Crippen molar-refractivity contribution in [3.63, 3.8) is 0 Å². The number of benzene rings is 1. The number of nitrogens with one attached hydrogen (secondary N) is 1. The van der Waals surface area contributed by atoms with Crippen LogP contribution in [0.2, 0.25) is 0 Å². The van der Waals surface area contributed by atoms with Gasteiger partial charge in [-0.05, 0) is 30.7 Å². The summed E-state index contributed by atoms with van der Waals surface area (Å²) in [5.41, 5.74) is 1.93. The van der Waals surface area contributed by atoms with Gasteiger partial charge in [-0.1, -0.05) is 12.1 Å². The van der Waals surface area contributed by atoms with Gasteiger partial charge in [0.1, 0.15) is 11.6 Å². The molecule has 0 aliphatic carbocycles. The number of imidazole rings is 1. The molecule has 0 bridgehead atoms. The Labute approximate surface area is 174 Å². The molecular weight excluding hydrogens is 384 g/mol. The summed E-state index contributed by atoms with van der Waals surface area (Å²) in [6, 6.07) is 11.3. The van der Waals surface area contributed by atoms with Gasteiger partial charge in [0.25, 0.3) is 0 Å². The number of nitrogens with zero attached hydrogens (tertiary/aromatic N) is 3. The first-order chi connectivity index (χ1) is 14.6. The number of H-pyrrole nitrogens is 1. The molecule has 8 heteroatoms. The number of carbonyl (C=O) groups is 2. The molecule has 30 heavy (non-hydrogen) atoms. The van der Waals surface area contributed by atoms with Crippen molar-refractivity contribution in [2.45, 2.75) is 25.8 Å². The van der Waals surface area contributed by atoms with E-state index in [1.54, 1.807) is 12.1 Å². The molecule has 158 valence electrons. The van der Waals surface area contributed by atoms with Crippen LogP contribution in [0.5, 0.6) is 0 Å². The normalized spacial score (nSPS) is 15.3. The van der Waals surface area contributed by atoms with Crippen LogP contribution in [-0.2, 0) is 22.5 Å². The van der Waals surface area contributed by atoms with Crippen LogP contribution in [0, 0.1) is 0 Å². The average Bonchev–Trinajstić information content (AvgIpc) is 3.33. The lowest BCUT2D eigenvalue weighted by Crippen LogP contribution is -2.35. The molecule has 4 rings (SSSR count). The van der Waals surface area contributed by atoms with Gasteiger partial charge in [0.15, 0.2) is 0 Å². The number of fused-ring (bicyclic) bond motifs is 1. The van der Waals surface area contributed by atoms with E-state index in [1.165, 1.54) is 7.11 Å². The molecule has 1 amide bonds. The van der Waals surface area contributed by atoms with Gasteiger partial charge >= 0.3 is 5.97 Å². The lowest BCUT2D eigenvalue weighted by atomic mass is 10.2. The van der Waals surface area contributed by atoms with E-state index >= 15 is 0 Å². The molecule has 2 aromatic heterocycles. The SMILES string of the molecule is COC(=O)c1ccc(CN2CCCN(C(=O)CCc3nc4ccccc4[nH]3)CC2)o1. The number of hydrogen-bond donors (Lipinski definition) is 1. The maximum atomic E-state index is 12.7. The third-order valence-corrected chi connectivity index (χ3v) is 5.38. The van der Waals surface area contributed by atoms with Crippen molar-refractivity contribution in [1.82, 2.24) is 19.8 Å². The van der Waals surface area contributed by atoms with Crippen LogP contribution in [0.3, 0.4) is 0 Å².